The third-order valence-corrected chi connectivity index (χ3v) is 3.39. The second-order valence-electron chi connectivity index (χ2n) is 5.69. The zero-order valence-electron chi connectivity index (χ0n) is 12.4. The molecule has 0 rings (SSSR count). The first-order chi connectivity index (χ1) is 7.40. The van der Waals surface area contributed by atoms with Gasteiger partial charge in [-0.2, -0.15) is 0 Å². The van der Waals surface area contributed by atoms with Crippen LogP contribution >= 0.6 is 0 Å². The molecule has 0 saturated carbocycles. The Morgan fingerprint density at radius 2 is 1.50 bits per heavy atom. The van der Waals surface area contributed by atoms with Gasteiger partial charge in [0.15, 0.2) is 0 Å². The molecule has 0 aliphatic rings. The number of nitrogens with zero attached hydrogens (tertiary/aromatic N) is 1. The summed E-state index contributed by atoms with van der Waals surface area (Å²) in [6, 6.07) is 1.30. The van der Waals surface area contributed by atoms with E-state index in [2.05, 4.69) is 58.7 Å². The van der Waals surface area contributed by atoms with Crippen molar-refractivity contribution >= 4 is 0 Å². The maximum atomic E-state index is 3.56. The summed E-state index contributed by atoms with van der Waals surface area (Å²) in [5, 5.41) is 3.56. The summed E-state index contributed by atoms with van der Waals surface area (Å²) in [5.41, 5.74) is 0. The molecule has 1 N–H and O–H groups in total. The Hall–Kier alpha value is -0.0800. The van der Waals surface area contributed by atoms with Crippen molar-refractivity contribution in [1.29, 1.82) is 0 Å². The third kappa shape index (κ3) is 5.86. The Balaban J connectivity index is 4.00. The fourth-order valence-electron chi connectivity index (χ4n) is 2.22. The second kappa shape index (κ2) is 8.08. The van der Waals surface area contributed by atoms with Gasteiger partial charge in [0.2, 0.25) is 0 Å². The predicted molar refractivity (Wildman–Crippen MR) is 73.8 cm³/mol. The highest BCUT2D eigenvalue weighted by atomic mass is 15.2. The zero-order valence-corrected chi connectivity index (χ0v) is 12.4. The average molecular weight is 228 g/mol. The molecule has 2 unspecified atom stereocenters. The molecule has 0 heterocycles. The second-order valence-corrected chi connectivity index (χ2v) is 5.69. The summed E-state index contributed by atoms with van der Waals surface area (Å²) in [7, 11) is 0. The van der Waals surface area contributed by atoms with E-state index in [-0.39, 0.29) is 0 Å². The average Bonchev–Trinajstić information content (AvgIpc) is 2.17. The largest absolute Gasteiger partial charge is 0.316 e. The lowest BCUT2D eigenvalue weighted by Crippen LogP contribution is -2.45. The number of hydrogen-bond donors (Lipinski definition) is 1. The fourth-order valence-corrected chi connectivity index (χ4v) is 2.22. The van der Waals surface area contributed by atoms with Crippen LogP contribution in [0.3, 0.4) is 0 Å². The van der Waals surface area contributed by atoms with Crippen LogP contribution in [0.15, 0.2) is 0 Å². The highest BCUT2D eigenvalue weighted by molar-refractivity contribution is 4.76. The van der Waals surface area contributed by atoms with Crippen LogP contribution in [0, 0.1) is 11.8 Å². The molecule has 0 aromatic rings. The summed E-state index contributed by atoms with van der Waals surface area (Å²) in [6.07, 6.45) is 0. The van der Waals surface area contributed by atoms with Crippen molar-refractivity contribution < 1.29 is 0 Å². The Bertz CT molecular complexity index is 166. The summed E-state index contributed by atoms with van der Waals surface area (Å²) >= 11 is 0. The van der Waals surface area contributed by atoms with E-state index < -0.39 is 0 Å². The van der Waals surface area contributed by atoms with Gasteiger partial charge >= 0.3 is 0 Å². The molecular formula is C14H32N2. The lowest BCUT2D eigenvalue weighted by molar-refractivity contribution is 0.130. The zero-order chi connectivity index (χ0) is 12.7. The van der Waals surface area contributed by atoms with Crippen molar-refractivity contribution in [2.75, 3.05) is 19.6 Å². The van der Waals surface area contributed by atoms with Gasteiger partial charge in [0.05, 0.1) is 0 Å². The van der Waals surface area contributed by atoms with Gasteiger partial charge in [0, 0.05) is 12.1 Å². The van der Waals surface area contributed by atoms with Gasteiger partial charge in [-0.1, -0.05) is 27.7 Å². The van der Waals surface area contributed by atoms with Crippen LogP contribution in [-0.2, 0) is 0 Å². The monoisotopic (exact) mass is 228 g/mol. The van der Waals surface area contributed by atoms with E-state index in [0.717, 1.165) is 25.6 Å². The Morgan fingerprint density at radius 1 is 0.938 bits per heavy atom. The summed E-state index contributed by atoms with van der Waals surface area (Å²) < 4.78 is 0. The number of hydrogen-bond acceptors (Lipinski definition) is 2. The van der Waals surface area contributed by atoms with Gasteiger partial charge in [-0.05, 0) is 52.2 Å². The smallest absolute Gasteiger partial charge is 0.0107 e. The molecule has 0 aromatic heterocycles. The van der Waals surface area contributed by atoms with E-state index >= 15 is 0 Å². The summed E-state index contributed by atoms with van der Waals surface area (Å²) in [4.78, 5) is 2.57. The minimum absolute atomic E-state index is 0.646. The first-order valence-corrected chi connectivity index (χ1v) is 6.86. The van der Waals surface area contributed by atoms with Crippen molar-refractivity contribution in [3.8, 4) is 0 Å². The normalized spacial score (nSPS) is 16.1. The van der Waals surface area contributed by atoms with Crippen molar-refractivity contribution in [2.24, 2.45) is 11.8 Å². The molecule has 0 spiro atoms. The predicted octanol–water partition coefficient (Wildman–Crippen LogP) is 2.99. The number of nitrogens with one attached hydrogen (secondary N) is 1. The van der Waals surface area contributed by atoms with Gasteiger partial charge in [-0.3, -0.25) is 4.90 Å². The Morgan fingerprint density at radius 3 is 1.88 bits per heavy atom. The first kappa shape index (κ1) is 15.9. The van der Waals surface area contributed by atoms with Gasteiger partial charge in [-0.15, -0.1) is 0 Å². The van der Waals surface area contributed by atoms with Crippen LogP contribution in [-0.4, -0.2) is 36.6 Å². The molecule has 0 radical (unpaired) electrons. The van der Waals surface area contributed by atoms with Crippen LogP contribution in [0.1, 0.15) is 48.5 Å². The highest BCUT2D eigenvalue weighted by Gasteiger charge is 2.20. The SMILES string of the molecule is CCN(C(C)C)C(C)C(C)CNCC(C)C. The van der Waals surface area contributed by atoms with E-state index in [0.29, 0.717) is 18.0 Å². The van der Waals surface area contributed by atoms with E-state index in [9.17, 15) is 0 Å². The van der Waals surface area contributed by atoms with Crippen LogP contribution in [0.2, 0.25) is 0 Å². The van der Waals surface area contributed by atoms with Gasteiger partial charge in [-0.25, -0.2) is 0 Å². The topological polar surface area (TPSA) is 15.3 Å². The molecule has 0 bridgehead atoms. The Kier molecular flexibility index (Phi) is 8.04. The highest BCUT2D eigenvalue weighted by Crippen LogP contribution is 2.13. The lowest BCUT2D eigenvalue weighted by Gasteiger charge is -2.35. The molecule has 0 aliphatic carbocycles. The lowest BCUT2D eigenvalue weighted by atomic mass is 10.0. The quantitative estimate of drug-likeness (QED) is 0.687. The fraction of sp³-hybridized carbons (Fsp3) is 1.00. The van der Waals surface area contributed by atoms with Crippen LogP contribution in [0.4, 0.5) is 0 Å². The van der Waals surface area contributed by atoms with Crippen molar-refractivity contribution in [3.63, 3.8) is 0 Å². The molecule has 98 valence electrons. The molecule has 16 heavy (non-hydrogen) atoms. The maximum Gasteiger partial charge on any atom is 0.0107 e. The molecular weight excluding hydrogens is 196 g/mol. The van der Waals surface area contributed by atoms with Crippen molar-refractivity contribution in [3.05, 3.63) is 0 Å². The van der Waals surface area contributed by atoms with E-state index in [1.165, 1.54) is 0 Å². The standard InChI is InChI=1S/C14H32N2/c1-8-16(12(4)5)14(7)13(6)10-15-9-11(2)3/h11-15H,8-10H2,1-7H3. The first-order valence-electron chi connectivity index (χ1n) is 6.86. The molecule has 2 atom stereocenters. The van der Waals surface area contributed by atoms with Gasteiger partial charge < -0.3 is 5.32 Å². The van der Waals surface area contributed by atoms with E-state index in [1.54, 1.807) is 0 Å². The molecule has 0 saturated heterocycles. The van der Waals surface area contributed by atoms with E-state index in [1.807, 2.05) is 0 Å². The molecule has 0 amide bonds. The Labute approximate surface area is 103 Å². The van der Waals surface area contributed by atoms with Crippen LogP contribution < -0.4 is 5.32 Å². The summed E-state index contributed by atoms with van der Waals surface area (Å²) in [5.74, 6) is 1.45. The minimum atomic E-state index is 0.646. The van der Waals surface area contributed by atoms with Gasteiger partial charge in [0.1, 0.15) is 0 Å². The maximum absolute atomic E-state index is 3.56. The van der Waals surface area contributed by atoms with Gasteiger partial charge in [0.25, 0.3) is 0 Å². The minimum Gasteiger partial charge on any atom is -0.316 e. The third-order valence-electron chi connectivity index (χ3n) is 3.39. The summed E-state index contributed by atoms with van der Waals surface area (Å²) in [6.45, 7) is 19.4. The number of rotatable bonds is 8. The van der Waals surface area contributed by atoms with E-state index in [4.69, 9.17) is 0 Å². The van der Waals surface area contributed by atoms with Crippen molar-refractivity contribution in [2.45, 2.75) is 60.5 Å². The molecule has 2 heteroatoms. The van der Waals surface area contributed by atoms with Crippen molar-refractivity contribution in [1.82, 2.24) is 10.2 Å². The van der Waals surface area contributed by atoms with Crippen LogP contribution in [0.25, 0.3) is 0 Å². The molecule has 0 aliphatic heterocycles. The molecule has 0 aromatic carbocycles. The molecule has 2 nitrogen and oxygen atoms in total. The molecule has 0 fully saturated rings. The van der Waals surface area contributed by atoms with Crippen LogP contribution in [0.5, 0.6) is 0 Å².